The van der Waals surface area contributed by atoms with Crippen LogP contribution >= 0.6 is 0 Å². The number of nitrogens with two attached hydrogens (primary N) is 1. The average molecular weight is 243 g/mol. The zero-order valence-electron chi connectivity index (χ0n) is 9.84. The van der Waals surface area contributed by atoms with Crippen molar-refractivity contribution < 1.29 is 9.13 Å². The van der Waals surface area contributed by atoms with Crippen molar-refractivity contribution >= 4 is 0 Å². The van der Waals surface area contributed by atoms with Crippen LogP contribution in [0.2, 0.25) is 0 Å². The lowest BCUT2D eigenvalue weighted by Crippen LogP contribution is -2.24. The van der Waals surface area contributed by atoms with Crippen LogP contribution < -0.4 is 10.5 Å². The molecule has 0 radical (unpaired) electrons. The summed E-state index contributed by atoms with van der Waals surface area (Å²) in [5, 5.41) is 0. The van der Waals surface area contributed by atoms with Gasteiger partial charge >= 0.3 is 0 Å². The van der Waals surface area contributed by atoms with Crippen molar-refractivity contribution in [2.45, 2.75) is 18.6 Å². The van der Waals surface area contributed by atoms with E-state index in [1.807, 2.05) is 30.3 Å². The van der Waals surface area contributed by atoms with E-state index in [0.717, 1.165) is 11.1 Å². The maximum absolute atomic E-state index is 13.2. The summed E-state index contributed by atoms with van der Waals surface area (Å²) in [5.74, 6) is 0.261. The fourth-order valence-electron chi connectivity index (χ4n) is 2.35. The molecule has 2 atom stereocenters. The highest BCUT2D eigenvalue weighted by Crippen LogP contribution is 2.39. The molecule has 0 bridgehead atoms. The SMILES string of the molecule is N[C@@H]1CC(c2ccccc2)Oc2cc(F)ccc21. The molecule has 3 heteroatoms. The second kappa shape index (κ2) is 4.42. The Morgan fingerprint density at radius 1 is 1.11 bits per heavy atom. The maximum Gasteiger partial charge on any atom is 0.127 e. The van der Waals surface area contributed by atoms with Gasteiger partial charge in [-0.25, -0.2) is 4.39 Å². The molecule has 92 valence electrons. The topological polar surface area (TPSA) is 35.2 Å². The Kier molecular flexibility index (Phi) is 2.76. The van der Waals surface area contributed by atoms with Gasteiger partial charge < -0.3 is 10.5 Å². The number of halogens is 1. The molecule has 2 aromatic carbocycles. The van der Waals surface area contributed by atoms with Crippen molar-refractivity contribution in [1.29, 1.82) is 0 Å². The summed E-state index contributed by atoms with van der Waals surface area (Å²) < 4.78 is 19.1. The maximum atomic E-state index is 13.2. The minimum atomic E-state index is -0.297. The zero-order chi connectivity index (χ0) is 12.5. The molecule has 0 saturated carbocycles. The molecule has 2 N–H and O–H groups in total. The Morgan fingerprint density at radius 2 is 1.89 bits per heavy atom. The van der Waals surface area contributed by atoms with Crippen molar-refractivity contribution in [1.82, 2.24) is 0 Å². The predicted octanol–water partition coefficient (Wildman–Crippen LogP) is 3.35. The number of hydrogen-bond donors (Lipinski definition) is 1. The number of hydrogen-bond acceptors (Lipinski definition) is 2. The standard InChI is InChI=1S/C15H14FNO/c16-11-6-7-12-13(17)9-14(18-15(12)8-11)10-4-2-1-3-5-10/h1-8,13-14H,9,17H2/t13-,14?/m1/s1. The monoisotopic (exact) mass is 243 g/mol. The van der Waals surface area contributed by atoms with Gasteiger partial charge in [0.05, 0.1) is 0 Å². The molecule has 2 nitrogen and oxygen atoms in total. The summed E-state index contributed by atoms with van der Waals surface area (Å²) in [6.45, 7) is 0. The summed E-state index contributed by atoms with van der Waals surface area (Å²) >= 11 is 0. The van der Waals surface area contributed by atoms with Crippen LogP contribution in [0.4, 0.5) is 4.39 Å². The van der Waals surface area contributed by atoms with Crippen molar-refractivity contribution in [3.05, 3.63) is 65.5 Å². The van der Waals surface area contributed by atoms with Crippen LogP contribution in [0.5, 0.6) is 5.75 Å². The summed E-state index contributed by atoms with van der Waals surface area (Å²) in [6.07, 6.45) is 0.610. The number of fused-ring (bicyclic) bond motifs is 1. The first-order chi connectivity index (χ1) is 8.74. The van der Waals surface area contributed by atoms with Crippen LogP contribution in [0.15, 0.2) is 48.5 Å². The van der Waals surface area contributed by atoms with Gasteiger partial charge in [0.25, 0.3) is 0 Å². The van der Waals surface area contributed by atoms with Crippen LogP contribution in [0, 0.1) is 5.82 Å². The minimum Gasteiger partial charge on any atom is -0.485 e. The summed E-state index contributed by atoms with van der Waals surface area (Å²) in [7, 11) is 0. The van der Waals surface area contributed by atoms with Gasteiger partial charge in [-0.2, -0.15) is 0 Å². The van der Waals surface area contributed by atoms with E-state index < -0.39 is 0 Å². The molecule has 0 aromatic heterocycles. The van der Waals surface area contributed by atoms with Crippen molar-refractivity contribution in [3.63, 3.8) is 0 Å². The summed E-state index contributed by atoms with van der Waals surface area (Å²) in [5.41, 5.74) is 8.07. The molecule has 0 fully saturated rings. The van der Waals surface area contributed by atoms with Gasteiger partial charge in [0.15, 0.2) is 0 Å². The van der Waals surface area contributed by atoms with E-state index in [0.29, 0.717) is 12.2 Å². The van der Waals surface area contributed by atoms with E-state index >= 15 is 0 Å². The smallest absolute Gasteiger partial charge is 0.127 e. The lowest BCUT2D eigenvalue weighted by atomic mass is 9.93. The van der Waals surface area contributed by atoms with Crippen LogP contribution in [0.25, 0.3) is 0 Å². The molecule has 1 unspecified atom stereocenters. The van der Waals surface area contributed by atoms with Gasteiger partial charge in [-0.05, 0) is 11.6 Å². The molecule has 0 amide bonds. The van der Waals surface area contributed by atoms with Gasteiger partial charge in [-0.3, -0.25) is 0 Å². The molecule has 1 aliphatic rings. The highest BCUT2D eigenvalue weighted by atomic mass is 19.1. The quantitative estimate of drug-likeness (QED) is 0.833. The van der Waals surface area contributed by atoms with Crippen molar-refractivity contribution in [2.75, 3.05) is 0 Å². The van der Waals surface area contributed by atoms with E-state index in [-0.39, 0.29) is 18.0 Å². The van der Waals surface area contributed by atoms with Gasteiger partial charge in [0.2, 0.25) is 0 Å². The molecule has 3 rings (SSSR count). The van der Waals surface area contributed by atoms with E-state index in [1.54, 1.807) is 6.07 Å². The summed E-state index contributed by atoms with van der Waals surface area (Å²) in [6, 6.07) is 14.3. The lowest BCUT2D eigenvalue weighted by molar-refractivity contribution is 0.161. The fourth-order valence-corrected chi connectivity index (χ4v) is 2.35. The van der Waals surface area contributed by atoms with Crippen molar-refractivity contribution in [2.24, 2.45) is 5.73 Å². The Bertz CT molecular complexity index is 556. The van der Waals surface area contributed by atoms with Gasteiger partial charge in [-0.15, -0.1) is 0 Å². The third-order valence-corrected chi connectivity index (χ3v) is 3.28. The predicted molar refractivity (Wildman–Crippen MR) is 67.8 cm³/mol. The van der Waals surface area contributed by atoms with Crippen LogP contribution in [0.1, 0.15) is 29.7 Å². The van der Waals surface area contributed by atoms with Crippen LogP contribution in [-0.4, -0.2) is 0 Å². The molecular weight excluding hydrogens is 229 g/mol. The van der Waals surface area contributed by atoms with E-state index in [4.69, 9.17) is 10.5 Å². The van der Waals surface area contributed by atoms with Gasteiger partial charge in [0, 0.05) is 24.1 Å². The number of benzene rings is 2. The van der Waals surface area contributed by atoms with Crippen LogP contribution in [-0.2, 0) is 0 Å². The van der Waals surface area contributed by atoms with Gasteiger partial charge in [0.1, 0.15) is 17.7 Å². The minimum absolute atomic E-state index is 0.101. The van der Waals surface area contributed by atoms with Crippen LogP contribution in [0.3, 0.4) is 0 Å². The molecule has 18 heavy (non-hydrogen) atoms. The fraction of sp³-hybridized carbons (Fsp3) is 0.200. The van der Waals surface area contributed by atoms with E-state index in [2.05, 4.69) is 0 Å². The first kappa shape index (κ1) is 11.2. The molecule has 0 aliphatic carbocycles. The Hall–Kier alpha value is -1.87. The van der Waals surface area contributed by atoms with Gasteiger partial charge in [-0.1, -0.05) is 36.4 Å². The number of rotatable bonds is 1. The molecule has 2 aromatic rings. The average Bonchev–Trinajstić information content (AvgIpc) is 2.39. The third kappa shape index (κ3) is 1.97. The molecule has 1 heterocycles. The molecular formula is C15H14FNO. The van der Waals surface area contributed by atoms with E-state index in [9.17, 15) is 4.39 Å². The number of ether oxygens (including phenoxy) is 1. The first-order valence-electron chi connectivity index (χ1n) is 6.00. The van der Waals surface area contributed by atoms with E-state index in [1.165, 1.54) is 12.1 Å². The zero-order valence-corrected chi connectivity index (χ0v) is 9.84. The first-order valence-corrected chi connectivity index (χ1v) is 6.00. The second-order valence-electron chi connectivity index (χ2n) is 4.54. The highest BCUT2D eigenvalue weighted by Gasteiger charge is 2.27. The molecule has 1 aliphatic heterocycles. The summed E-state index contributed by atoms with van der Waals surface area (Å²) in [4.78, 5) is 0. The second-order valence-corrected chi connectivity index (χ2v) is 4.54. The normalized spacial score (nSPS) is 22.1. The highest BCUT2D eigenvalue weighted by molar-refractivity contribution is 5.39. The van der Waals surface area contributed by atoms with Crippen molar-refractivity contribution in [3.8, 4) is 5.75 Å². The molecule has 0 spiro atoms. The Balaban J connectivity index is 1.96. The Morgan fingerprint density at radius 3 is 2.67 bits per heavy atom. The third-order valence-electron chi connectivity index (χ3n) is 3.28. The Labute approximate surface area is 105 Å². The molecule has 0 saturated heterocycles. The lowest BCUT2D eigenvalue weighted by Gasteiger charge is -2.30. The largest absolute Gasteiger partial charge is 0.485 e.